The fraction of sp³-hybridized carbons (Fsp3) is 0.286. The van der Waals surface area contributed by atoms with Crippen molar-refractivity contribution in [1.82, 2.24) is 9.88 Å². The van der Waals surface area contributed by atoms with Gasteiger partial charge in [-0.25, -0.2) is 9.18 Å². The minimum Gasteiger partial charge on any atom is -0.412 e. The van der Waals surface area contributed by atoms with Gasteiger partial charge in [-0.2, -0.15) is 0 Å². The molecule has 0 spiro atoms. The zero-order valence-electron chi connectivity index (χ0n) is 16.0. The van der Waals surface area contributed by atoms with Gasteiger partial charge < -0.3 is 9.32 Å². The van der Waals surface area contributed by atoms with E-state index in [0.717, 1.165) is 44.0 Å². The first-order valence-electron chi connectivity index (χ1n) is 9.40. The number of oxazole rings is 1. The van der Waals surface area contributed by atoms with E-state index in [1.807, 2.05) is 18.2 Å². The van der Waals surface area contributed by atoms with Gasteiger partial charge in [0.2, 0.25) is 0 Å². The molecule has 2 heterocycles. The first kappa shape index (κ1) is 22.7. The van der Waals surface area contributed by atoms with Crippen molar-refractivity contribution in [2.24, 2.45) is 0 Å². The number of anilines is 1. The monoisotopic (exact) mass is 471 g/mol. The summed E-state index contributed by atoms with van der Waals surface area (Å²) in [5.41, 5.74) is 2.41. The molecule has 9 heteroatoms. The Morgan fingerprint density at radius 2 is 1.70 bits per heavy atom. The number of H-pyrrole nitrogens is 1. The van der Waals surface area contributed by atoms with Crippen molar-refractivity contribution in [2.45, 2.75) is 6.42 Å². The zero-order valence-corrected chi connectivity index (χ0v) is 18.4. The maximum Gasteiger partial charge on any atom is 0.416 e. The minimum absolute atomic E-state index is 0. The van der Waals surface area contributed by atoms with Crippen LogP contribution in [0.25, 0.3) is 11.3 Å². The molecule has 1 aliphatic rings. The number of aromatic nitrogens is 1. The average molecular weight is 473 g/mol. The fourth-order valence-electron chi connectivity index (χ4n) is 3.56. The molecule has 1 fully saturated rings. The molecule has 0 radical (unpaired) electrons. The smallest absolute Gasteiger partial charge is 0.412 e. The van der Waals surface area contributed by atoms with E-state index in [9.17, 15) is 9.18 Å². The molecule has 1 aliphatic heterocycles. The van der Waals surface area contributed by atoms with Crippen molar-refractivity contribution in [3.05, 3.63) is 74.6 Å². The van der Waals surface area contributed by atoms with Crippen LogP contribution in [-0.2, 0) is 6.42 Å². The van der Waals surface area contributed by atoms with Crippen LogP contribution in [0, 0.1) is 5.82 Å². The topological polar surface area (TPSA) is 52.5 Å². The van der Waals surface area contributed by atoms with Gasteiger partial charge in [0.1, 0.15) is 11.6 Å². The Labute approximate surface area is 189 Å². The summed E-state index contributed by atoms with van der Waals surface area (Å²) in [5, 5.41) is 1.11. The lowest BCUT2D eigenvalue weighted by Gasteiger charge is -2.36. The molecule has 1 N–H and O–H groups in total. The van der Waals surface area contributed by atoms with Crippen LogP contribution in [0.5, 0.6) is 0 Å². The number of hydrogen-bond donors (Lipinski definition) is 1. The first-order chi connectivity index (χ1) is 14.0. The van der Waals surface area contributed by atoms with Gasteiger partial charge in [-0.05, 0) is 42.5 Å². The number of aromatic amines is 1. The van der Waals surface area contributed by atoms with Crippen LogP contribution >= 0.6 is 35.6 Å². The lowest BCUT2D eigenvalue weighted by atomic mass is 10.1. The number of rotatable bonds is 5. The average Bonchev–Trinajstić information content (AvgIpc) is 3.10. The summed E-state index contributed by atoms with van der Waals surface area (Å²) in [7, 11) is 0. The molecule has 5 nitrogen and oxygen atoms in total. The first-order valence-corrected chi connectivity index (χ1v) is 10.2. The van der Waals surface area contributed by atoms with Crippen LogP contribution < -0.4 is 10.7 Å². The van der Waals surface area contributed by atoms with Crippen LogP contribution in [0.1, 0.15) is 5.76 Å². The van der Waals surface area contributed by atoms with E-state index in [0.29, 0.717) is 27.9 Å². The molecule has 3 aromatic rings. The molecule has 2 aromatic carbocycles. The summed E-state index contributed by atoms with van der Waals surface area (Å²) >= 11 is 12.1. The van der Waals surface area contributed by atoms with Gasteiger partial charge in [0.25, 0.3) is 0 Å². The van der Waals surface area contributed by atoms with Crippen molar-refractivity contribution in [2.75, 3.05) is 37.6 Å². The van der Waals surface area contributed by atoms with E-state index in [2.05, 4.69) is 14.8 Å². The second-order valence-electron chi connectivity index (χ2n) is 7.00. The number of halogens is 4. The number of piperazine rings is 1. The third-order valence-corrected chi connectivity index (χ3v) is 5.89. The summed E-state index contributed by atoms with van der Waals surface area (Å²) in [5.74, 6) is -0.224. The summed E-state index contributed by atoms with van der Waals surface area (Å²) in [6.45, 7) is 4.30. The fourth-order valence-corrected chi connectivity index (χ4v) is 3.85. The number of nitrogens with zero attached hydrogens (tertiary/aromatic N) is 2. The third-order valence-electron chi connectivity index (χ3n) is 5.15. The minimum atomic E-state index is -0.497. The summed E-state index contributed by atoms with van der Waals surface area (Å²) < 4.78 is 18.5. The molecule has 0 bridgehead atoms. The molecular formula is C21H21Cl3FN3O2. The number of hydrogen-bond acceptors (Lipinski definition) is 4. The highest BCUT2D eigenvalue weighted by Gasteiger charge is 2.19. The Hall–Kier alpha value is -1.99. The maximum atomic E-state index is 13.2. The molecule has 0 saturated carbocycles. The Morgan fingerprint density at radius 1 is 1.00 bits per heavy atom. The Morgan fingerprint density at radius 3 is 2.37 bits per heavy atom. The Kier molecular flexibility index (Phi) is 7.47. The molecule has 4 rings (SSSR count). The van der Waals surface area contributed by atoms with E-state index in [4.69, 9.17) is 27.6 Å². The van der Waals surface area contributed by atoms with Crippen molar-refractivity contribution in [1.29, 1.82) is 0 Å². The van der Waals surface area contributed by atoms with Crippen LogP contribution in [0.3, 0.4) is 0 Å². The van der Waals surface area contributed by atoms with Crippen LogP contribution in [-0.4, -0.2) is 42.6 Å². The normalized spacial score (nSPS) is 14.6. The van der Waals surface area contributed by atoms with Crippen molar-refractivity contribution >= 4 is 41.3 Å². The molecule has 1 aromatic heterocycles. The van der Waals surface area contributed by atoms with Crippen LogP contribution in [0.2, 0.25) is 10.0 Å². The van der Waals surface area contributed by atoms with Gasteiger partial charge in [-0.15, -0.1) is 12.4 Å². The highest BCUT2D eigenvalue weighted by molar-refractivity contribution is 6.42. The van der Waals surface area contributed by atoms with Crippen LogP contribution in [0.15, 0.2) is 51.7 Å². The quantitative estimate of drug-likeness (QED) is 0.576. The molecule has 0 atom stereocenters. The number of nitrogens with one attached hydrogen (secondary N) is 1. The van der Waals surface area contributed by atoms with Gasteiger partial charge in [-0.3, -0.25) is 9.88 Å². The predicted molar refractivity (Wildman–Crippen MR) is 121 cm³/mol. The van der Waals surface area contributed by atoms with Crippen LogP contribution in [0.4, 0.5) is 10.1 Å². The second kappa shape index (κ2) is 9.88. The lowest BCUT2D eigenvalue weighted by molar-refractivity contribution is 0.254. The van der Waals surface area contributed by atoms with E-state index < -0.39 is 5.76 Å². The van der Waals surface area contributed by atoms with E-state index in [1.54, 1.807) is 12.1 Å². The van der Waals surface area contributed by atoms with Gasteiger partial charge in [0, 0.05) is 50.4 Å². The summed E-state index contributed by atoms with van der Waals surface area (Å²) in [6, 6.07) is 11.7. The molecule has 30 heavy (non-hydrogen) atoms. The second-order valence-corrected chi connectivity index (χ2v) is 7.81. The largest absolute Gasteiger partial charge is 0.416 e. The third kappa shape index (κ3) is 5.19. The van der Waals surface area contributed by atoms with Crippen molar-refractivity contribution in [3.8, 4) is 11.3 Å². The standard InChI is InChI=1S/C21H20Cl2FN3O2.ClH/c22-17-6-5-16(13-18(17)23)27-11-9-26(10-12-27)8-7-19-20(25-21(28)29-19)14-1-3-15(24)4-2-14;/h1-6,13H,7-12H2,(H,25,28);1H. The highest BCUT2D eigenvalue weighted by Crippen LogP contribution is 2.28. The van der Waals surface area contributed by atoms with E-state index >= 15 is 0 Å². The van der Waals surface area contributed by atoms with Gasteiger partial charge in [-0.1, -0.05) is 23.2 Å². The van der Waals surface area contributed by atoms with Crippen molar-refractivity contribution < 1.29 is 8.81 Å². The van der Waals surface area contributed by atoms with Gasteiger partial charge in [0.15, 0.2) is 0 Å². The predicted octanol–water partition coefficient (Wildman–Crippen LogP) is 4.87. The Bertz CT molecular complexity index is 1040. The zero-order chi connectivity index (χ0) is 20.4. The Balaban J connectivity index is 0.00000256. The molecule has 0 unspecified atom stereocenters. The molecule has 160 valence electrons. The molecule has 1 saturated heterocycles. The summed E-state index contributed by atoms with van der Waals surface area (Å²) in [6.07, 6.45) is 0.595. The lowest BCUT2D eigenvalue weighted by Crippen LogP contribution is -2.47. The van der Waals surface area contributed by atoms with E-state index in [1.165, 1.54) is 12.1 Å². The van der Waals surface area contributed by atoms with Gasteiger partial charge in [0.05, 0.1) is 15.7 Å². The number of benzene rings is 2. The molecule has 0 amide bonds. The van der Waals surface area contributed by atoms with E-state index in [-0.39, 0.29) is 18.2 Å². The highest BCUT2D eigenvalue weighted by atomic mass is 35.5. The van der Waals surface area contributed by atoms with Gasteiger partial charge >= 0.3 is 5.76 Å². The molecule has 0 aliphatic carbocycles. The maximum absolute atomic E-state index is 13.2. The van der Waals surface area contributed by atoms with Crippen molar-refractivity contribution in [3.63, 3.8) is 0 Å². The summed E-state index contributed by atoms with van der Waals surface area (Å²) in [4.78, 5) is 19.0. The molecular weight excluding hydrogens is 452 g/mol. The SMILES string of the molecule is Cl.O=c1[nH]c(-c2ccc(F)cc2)c(CCN2CCN(c3ccc(Cl)c(Cl)c3)CC2)o1.